The lowest BCUT2D eigenvalue weighted by Gasteiger charge is -2.12. The maximum absolute atomic E-state index is 12.2. The largest absolute Gasteiger partial charge is 0.490 e. The van der Waals surface area contributed by atoms with Crippen molar-refractivity contribution in [2.24, 2.45) is 0 Å². The van der Waals surface area contributed by atoms with Crippen molar-refractivity contribution in [1.29, 1.82) is 0 Å². The highest BCUT2D eigenvalue weighted by Crippen LogP contribution is 2.33. The number of benzene rings is 3. The van der Waals surface area contributed by atoms with Gasteiger partial charge in [-0.1, -0.05) is 36.4 Å². The third-order valence-electron chi connectivity index (χ3n) is 4.49. The maximum Gasteiger partial charge on any atom is 0.258 e. The van der Waals surface area contributed by atoms with E-state index in [1.807, 2.05) is 54.6 Å². The standard InChI is InChI=1S/C22H20BrNO4/c23-22-17-5-2-1-4-16(17)7-9-19(22)28-14-21(25)24-13-15-6-8-18-20(12-15)27-11-3-10-26-18/h1-2,4-9,12H,3,10-11,13-14H2,(H,24,25). The first kappa shape index (κ1) is 18.6. The van der Waals surface area contributed by atoms with Crippen LogP contribution in [-0.4, -0.2) is 25.7 Å². The van der Waals surface area contributed by atoms with E-state index in [-0.39, 0.29) is 12.5 Å². The molecule has 6 heteroatoms. The van der Waals surface area contributed by atoms with Crippen molar-refractivity contribution in [3.05, 3.63) is 64.6 Å². The van der Waals surface area contributed by atoms with Crippen molar-refractivity contribution in [2.75, 3.05) is 19.8 Å². The highest BCUT2D eigenvalue weighted by Gasteiger charge is 2.12. The summed E-state index contributed by atoms with van der Waals surface area (Å²) < 4.78 is 17.9. The van der Waals surface area contributed by atoms with E-state index < -0.39 is 0 Å². The number of ether oxygens (including phenoxy) is 3. The molecule has 0 aliphatic carbocycles. The predicted molar refractivity (Wildman–Crippen MR) is 111 cm³/mol. The van der Waals surface area contributed by atoms with Crippen molar-refractivity contribution in [1.82, 2.24) is 5.32 Å². The maximum atomic E-state index is 12.2. The van der Waals surface area contributed by atoms with Gasteiger partial charge in [-0.3, -0.25) is 4.79 Å². The molecule has 4 rings (SSSR count). The fourth-order valence-corrected chi connectivity index (χ4v) is 3.65. The van der Waals surface area contributed by atoms with E-state index in [1.165, 1.54) is 0 Å². The quantitative estimate of drug-likeness (QED) is 0.634. The zero-order valence-electron chi connectivity index (χ0n) is 15.2. The van der Waals surface area contributed by atoms with Gasteiger partial charge in [0, 0.05) is 13.0 Å². The van der Waals surface area contributed by atoms with Crippen molar-refractivity contribution in [2.45, 2.75) is 13.0 Å². The number of hydrogen-bond acceptors (Lipinski definition) is 4. The van der Waals surface area contributed by atoms with Crippen LogP contribution in [0.25, 0.3) is 10.8 Å². The van der Waals surface area contributed by atoms with Crippen molar-refractivity contribution < 1.29 is 19.0 Å². The number of fused-ring (bicyclic) bond motifs is 2. The van der Waals surface area contributed by atoms with Gasteiger partial charge in [-0.2, -0.15) is 0 Å². The van der Waals surface area contributed by atoms with Crippen molar-refractivity contribution in [3.63, 3.8) is 0 Å². The Kier molecular flexibility index (Phi) is 5.67. The Bertz CT molecular complexity index is 1000. The number of halogens is 1. The molecule has 0 aromatic heterocycles. The molecule has 0 atom stereocenters. The lowest BCUT2D eigenvalue weighted by Crippen LogP contribution is -2.28. The van der Waals surface area contributed by atoms with E-state index in [0.717, 1.165) is 38.7 Å². The first-order valence-electron chi connectivity index (χ1n) is 9.16. The second-order valence-electron chi connectivity index (χ2n) is 6.50. The summed E-state index contributed by atoms with van der Waals surface area (Å²) in [5.74, 6) is 1.93. The molecule has 3 aromatic rings. The van der Waals surface area contributed by atoms with E-state index in [1.54, 1.807) is 0 Å². The smallest absolute Gasteiger partial charge is 0.258 e. The molecule has 0 radical (unpaired) electrons. The minimum absolute atomic E-state index is 0.0541. The van der Waals surface area contributed by atoms with Crippen LogP contribution in [0.2, 0.25) is 0 Å². The van der Waals surface area contributed by atoms with Gasteiger partial charge in [-0.05, 0) is 50.5 Å². The molecule has 5 nitrogen and oxygen atoms in total. The minimum Gasteiger partial charge on any atom is -0.490 e. The molecule has 0 saturated heterocycles. The molecule has 0 fully saturated rings. The summed E-state index contributed by atoms with van der Waals surface area (Å²) in [6.07, 6.45) is 0.864. The summed E-state index contributed by atoms with van der Waals surface area (Å²) in [6.45, 7) is 1.64. The van der Waals surface area contributed by atoms with E-state index >= 15 is 0 Å². The van der Waals surface area contributed by atoms with Gasteiger partial charge < -0.3 is 19.5 Å². The third kappa shape index (κ3) is 4.22. The lowest BCUT2D eigenvalue weighted by atomic mass is 10.1. The highest BCUT2D eigenvalue weighted by atomic mass is 79.9. The van der Waals surface area contributed by atoms with Crippen LogP contribution in [0, 0.1) is 0 Å². The summed E-state index contributed by atoms with van der Waals surface area (Å²) in [5.41, 5.74) is 0.949. The number of rotatable bonds is 5. The number of hydrogen-bond donors (Lipinski definition) is 1. The Morgan fingerprint density at radius 1 is 1.04 bits per heavy atom. The molecular weight excluding hydrogens is 422 g/mol. The average molecular weight is 442 g/mol. The zero-order valence-corrected chi connectivity index (χ0v) is 16.8. The van der Waals surface area contributed by atoms with Crippen LogP contribution in [0.15, 0.2) is 59.1 Å². The molecule has 0 saturated carbocycles. The van der Waals surface area contributed by atoms with Gasteiger partial charge in [0.15, 0.2) is 18.1 Å². The summed E-state index contributed by atoms with van der Waals surface area (Å²) in [5, 5.41) is 5.03. The zero-order chi connectivity index (χ0) is 19.3. The molecule has 0 spiro atoms. The number of nitrogens with one attached hydrogen (secondary N) is 1. The first-order chi connectivity index (χ1) is 13.7. The van der Waals surface area contributed by atoms with Gasteiger partial charge in [0.2, 0.25) is 0 Å². The summed E-state index contributed by atoms with van der Waals surface area (Å²) >= 11 is 3.57. The summed E-state index contributed by atoms with van der Waals surface area (Å²) in [6, 6.07) is 17.6. The first-order valence-corrected chi connectivity index (χ1v) is 9.95. The fraction of sp³-hybridized carbons (Fsp3) is 0.227. The Balaban J connectivity index is 1.34. The van der Waals surface area contributed by atoms with Crippen molar-refractivity contribution >= 4 is 32.6 Å². The van der Waals surface area contributed by atoms with Crippen LogP contribution in [0.3, 0.4) is 0 Å². The normalized spacial score (nSPS) is 13.0. The third-order valence-corrected chi connectivity index (χ3v) is 5.31. The second-order valence-corrected chi connectivity index (χ2v) is 7.29. The molecule has 1 aliphatic rings. The van der Waals surface area contributed by atoms with E-state index in [4.69, 9.17) is 14.2 Å². The molecule has 3 aromatic carbocycles. The van der Waals surface area contributed by atoms with Crippen LogP contribution in [-0.2, 0) is 11.3 Å². The van der Waals surface area contributed by atoms with Gasteiger partial charge in [0.25, 0.3) is 5.91 Å². The molecular formula is C22H20BrNO4. The second kappa shape index (κ2) is 8.52. The number of carbonyl (C=O) groups is 1. The monoisotopic (exact) mass is 441 g/mol. The molecule has 0 unspecified atom stereocenters. The van der Waals surface area contributed by atoms with Gasteiger partial charge in [-0.15, -0.1) is 0 Å². The van der Waals surface area contributed by atoms with Crippen LogP contribution >= 0.6 is 15.9 Å². The lowest BCUT2D eigenvalue weighted by molar-refractivity contribution is -0.123. The molecule has 144 valence electrons. The number of carbonyl (C=O) groups excluding carboxylic acids is 1. The minimum atomic E-state index is -0.188. The molecule has 1 N–H and O–H groups in total. The molecule has 1 heterocycles. The molecule has 28 heavy (non-hydrogen) atoms. The summed E-state index contributed by atoms with van der Waals surface area (Å²) in [7, 11) is 0. The van der Waals surface area contributed by atoms with Gasteiger partial charge in [-0.25, -0.2) is 0 Å². The average Bonchev–Trinajstić information content (AvgIpc) is 2.97. The van der Waals surface area contributed by atoms with Crippen LogP contribution in [0.4, 0.5) is 0 Å². The Labute approximate surface area is 171 Å². The van der Waals surface area contributed by atoms with Crippen LogP contribution in [0.1, 0.15) is 12.0 Å². The van der Waals surface area contributed by atoms with Crippen LogP contribution < -0.4 is 19.5 Å². The van der Waals surface area contributed by atoms with E-state index in [2.05, 4.69) is 21.2 Å². The topological polar surface area (TPSA) is 56.8 Å². The highest BCUT2D eigenvalue weighted by molar-refractivity contribution is 9.10. The number of amides is 1. The SMILES string of the molecule is O=C(COc1ccc2ccccc2c1Br)NCc1ccc2c(c1)OCCCO2. The predicted octanol–water partition coefficient (Wildman–Crippen LogP) is 4.46. The Morgan fingerprint density at radius 3 is 2.75 bits per heavy atom. The summed E-state index contributed by atoms with van der Waals surface area (Å²) in [4.78, 5) is 12.2. The Hall–Kier alpha value is -2.73. The van der Waals surface area contributed by atoms with Gasteiger partial charge >= 0.3 is 0 Å². The van der Waals surface area contributed by atoms with Crippen molar-refractivity contribution in [3.8, 4) is 17.2 Å². The van der Waals surface area contributed by atoms with Crippen LogP contribution in [0.5, 0.6) is 17.2 Å². The Morgan fingerprint density at radius 2 is 1.86 bits per heavy atom. The van der Waals surface area contributed by atoms with E-state index in [9.17, 15) is 4.79 Å². The molecule has 0 bridgehead atoms. The fourth-order valence-electron chi connectivity index (χ4n) is 3.04. The van der Waals surface area contributed by atoms with Gasteiger partial charge in [0.05, 0.1) is 17.7 Å². The molecule has 1 amide bonds. The molecule has 1 aliphatic heterocycles. The van der Waals surface area contributed by atoms with E-state index in [0.29, 0.717) is 25.5 Å². The van der Waals surface area contributed by atoms with Gasteiger partial charge in [0.1, 0.15) is 5.75 Å².